The lowest BCUT2D eigenvalue weighted by Crippen LogP contribution is -2.32. The topological polar surface area (TPSA) is 70.2 Å². The van der Waals surface area contributed by atoms with Crippen molar-refractivity contribution in [1.29, 1.82) is 0 Å². The fraction of sp³-hybridized carbons (Fsp3) is 0.500. The molecule has 112 valence electrons. The van der Waals surface area contributed by atoms with Crippen LogP contribution in [-0.2, 0) is 9.59 Å². The second-order valence-electron chi connectivity index (χ2n) is 5.97. The van der Waals surface area contributed by atoms with E-state index in [-0.39, 0.29) is 29.7 Å². The molecule has 1 saturated carbocycles. The average molecular weight is 287 g/mol. The van der Waals surface area contributed by atoms with Crippen LogP contribution in [0.1, 0.15) is 26.2 Å². The molecule has 0 aromatic heterocycles. The number of carbonyl (C=O) groups is 2. The van der Waals surface area contributed by atoms with E-state index in [2.05, 4.69) is 16.0 Å². The highest BCUT2D eigenvalue weighted by atomic mass is 16.2. The molecule has 0 bridgehead atoms. The molecular formula is C16H21N3O2. The van der Waals surface area contributed by atoms with E-state index in [1.807, 2.05) is 31.2 Å². The van der Waals surface area contributed by atoms with Gasteiger partial charge in [-0.25, -0.2) is 0 Å². The maximum atomic E-state index is 12.2. The fourth-order valence-corrected chi connectivity index (χ4v) is 2.68. The van der Waals surface area contributed by atoms with Gasteiger partial charge in [-0.1, -0.05) is 0 Å². The van der Waals surface area contributed by atoms with Crippen LogP contribution in [0.5, 0.6) is 0 Å². The Hall–Kier alpha value is -1.88. The summed E-state index contributed by atoms with van der Waals surface area (Å²) in [5.74, 6) is 0.375. The highest BCUT2D eigenvalue weighted by Gasteiger charge is 2.30. The number of carbonyl (C=O) groups excluding carboxylic acids is 2. The van der Waals surface area contributed by atoms with Crippen LogP contribution in [0.3, 0.4) is 0 Å². The van der Waals surface area contributed by atoms with E-state index >= 15 is 0 Å². The zero-order valence-electron chi connectivity index (χ0n) is 12.2. The van der Waals surface area contributed by atoms with E-state index in [1.54, 1.807) is 0 Å². The van der Waals surface area contributed by atoms with Gasteiger partial charge in [0.2, 0.25) is 11.8 Å². The van der Waals surface area contributed by atoms with Crippen molar-refractivity contribution < 1.29 is 9.59 Å². The van der Waals surface area contributed by atoms with Gasteiger partial charge in [-0.05, 0) is 57.0 Å². The first-order chi connectivity index (χ1) is 10.1. The summed E-state index contributed by atoms with van der Waals surface area (Å²) in [6.07, 6.45) is 2.86. The van der Waals surface area contributed by atoms with Gasteiger partial charge in [0, 0.05) is 23.3 Å². The van der Waals surface area contributed by atoms with E-state index in [4.69, 9.17) is 0 Å². The first-order valence-electron chi connectivity index (χ1n) is 7.58. The van der Waals surface area contributed by atoms with Crippen molar-refractivity contribution in [2.45, 2.75) is 32.2 Å². The van der Waals surface area contributed by atoms with Crippen LogP contribution in [0.25, 0.3) is 0 Å². The van der Waals surface area contributed by atoms with Gasteiger partial charge in [-0.2, -0.15) is 0 Å². The Bertz CT molecular complexity index is 537. The third kappa shape index (κ3) is 3.42. The van der Waals surface area contributed by atoms with Crippen molar-refractivity contribution in [3.8, 4) is 0 Å². The van der Waals surface area contributed by atoms with E-state index in [0.717, 1.165) is 37.2 Å². The molecule has 0 radical (unpaired) electrons. The zero-order valence-corrected chi connectivity index (χ0v) is 12.2. The minimum atomic E-state index is 0.0271. The van der Waals surface area contributed by atoms with Crippen LogP contribution in [0.2, 0.25) is 0 Å². The van der Waals surface area contributed by atoms with Crippen molar-refractivity contribution in [2.24, 2.45) is 11.8 Å². The van der Waals surface area contributed by atoms with Crippen molar-refractivity contribution >= 4 is 23.2 Å². The number of benzene rings is 1. The standard InChI is InChI=1S/C16H21N3O2/c1-10-14(8-9-17-10)16(21)19-13-6-4-12(5-7-13)18-15(20)11-2-3-11/h4-7,10-11,14,17H,2-3,8-9H2,1H3,(H,18,20)(H,19,21). The van der Waals surface area contributed by atoms with Gasteiger partial charge in [-0.15, -0.1) is 0 Å². The Morgan fingerprint density at radius 3 is 2.05 bits per heavy atom. The molecule has 2 aliphatic rings. The Balaban J connectivity index is 1.56. The average Bonchev–Trinajstić information content (AvgIpc) is 3.23. The van der Waals surface area contributed by atoms with Crippen molar-refractivity contribution in [3.63, 3.8) is 0 Å². The lowest BCUT2D eigenvalue weighted by atomic mass is 10.0. The minimum Gasteiger partial charge on any atom is -0.326 e. The maximum Gasteiger partial charge on any atom is 0.229 e. The molecule has 3 N–H and O–H groups in total. The lowest BCUT2D eigenvalue weighted by molar-refractivity contribution is -0.120. The van der Waals surface area contributed by atoms with Gasteiger partial charge in [0.25, 0.3) is 0 Å². The molecule has 5 nitrogen and oxygen atoms in total. The number of amides is 2. The summed E-state index contributed by atoms with van der Waals surface area (Å²) < 4.78 is 0. The quantitative estimate of drug-likeness (QED) is 0.793. The Labute approximate surface area is 124 Å². The molecule has 2 fully saturated rings. The molecule has 1 heterocycles. The molecule has 1 aliphatic heterocycles. The summed E-state index contributed by atoms with van der Waals surface area (Å²) in [5, 5.41) is 9.10. The molecular weight excluding hydrogens is 266 g/mol. The van der Waals surface area contributed by atoms with Crippen molar-refractivity contribution in [3.05, 3.63) is 24.3 Å². The number of nitrogens with one attached hydrogen (secondary N) is 3. The molecule has 1 aromatic carbocycles. The molecule has 1 aromatic rings. The Morgan fingerprint density at radius 1 is 1.00 bits per heavy atom. The summed E-state index contributed by atoms with van der Waals surface area (Å²) >= 11 is 0. The number of rotatable bonds is 4. The minimum absolute atomic E-state index is 0.0271. The summed E-state index contributed by atoms with van der Waals surface area (Å²) in [4.78, 5) is 23.8. The van der Waals surface area contributed by atoms with Crippen LogP contribution in [0.4, 0.5) is 11.4 Å². The summed E-state index contributed by atoms with van der Waals surface area (Å²) in [6.45, 7) is 2.93. The number of anilines is 2. The largest absolute Gasteiger partial charge is 0.326 e. The third-order valence-corrected chi connectivity index (χ3v) is 4.23. The number of hydrogen-bond acceptors (Lipinski definition) is 3. The molecule has 1 aliphatic carbocycles. The summed E-state index contributed by atoms with van der Waals surface area (Å²) in [6, 6.07) is 7.53. The van der Waals surface area contributed by atoms with E-state index in [1.165, 1.54) is 0 Å². The molecule has 5 heteroatoms. The maximum absolute atomic E-state index is 12.2. The Kier molecular flexibility index (Phi) is 3.92. The molecule has 2 atom stereocenters. The van der Waals surface area contributed by atoms with Crippen LogP contribution in [-0.4, -0.2) is 24.4 Å². The highest BCUT2D eigenvalue weighted by Crippen LogP contribution is 2.30. The number of hydrogen-bond donors (Lipinski definition) is 3. The fourth-order valence-electron chi connectivity index (χ4n) is 2.68. The molecule has 1 saturated heterocycles. The molecule has 0 spiro atoms. The monoisotopic (exact) mass is 287 g/mol. The van der Waals surface area contributed by atoms with Crippen molar-refractivity contribution in [2.75, 3.05) is 17.2 Å². The van der Waals surface area contributed by atoms with Gasteiger partial charge in [-0.3, -0.25) is 9.59 Å². The summed E-state index contributed by atoms with van der Waals surface area (Å²) in [5.41, 5.74) is 1.55. The van der Waals surface area contributed by atoms with E-state index in [0.29, 0.717) is 0 Å². The molecule has 2 amide bonds. The van der Waals surface area contributed by atoms with Crippen LogP contribution in [0.15, 0.2) is 24.3 Å². The summed E-state index contributed by atoms with van der Waals surface area (Å²) in [7, 11) is 0. The first kappa shape index (κ1) is 14.1. The van der Waals surface area contributed by atoms with Crippen LogP contribution < -0.4 is 16.0 Å². The lowest BCUT2D eigenvalue weighted by Gasteiger charge is -2.15. The van der Waals surface area contributed by atoms with Crippen LogP contribution >= 0.6 is 0 Å². The van der Waals surface area contributed by atoms with Gasteiger partial charge in [0.15, 0.2) is 0 Å². The van der Waals surface area contributed by atoms with Gasteiger partial charge in [0.1, 0.15) is 0 Å². The van der Waals surface area contributed by atoms with Gasteiger partial charge < -0.3 is 16.0 Å². The van der Waals surface area contributed by atoms with E-state index < -0.39 is 0 Å². The molecule has 2 unspecified atom stereocenters. The molecule has 3 rings (SSSR count). The smallest absolute Gasteiger partial charge is 0.229 e. The zero-order chi connectivity index (χ0) is 14.8. The Morgan fingerprint density at radius 2 is 1.57 bits per heavy atom. The van der Waals surface area contributed by atoms with Crippen LogP contribution in [0, 0.1) is 11.8 Å². The predicted molar refractivity (Wildman–Crippen MR) is 82.0 cm³/mol. The SMILES string of the molecule is CC1NCCC1C(=O)Nc1ccc(NC(=O)C2CC2)cc1. The first-order valence-corrected chi connectivity index (χ1v) is 7.58. The second kappa shape index (κ2) is 5.85. The normalized spacial score (nSPS) is 24.6. The molecule has 21 heavy (non-hydrogen) atoms. The second-order valence-corrected chi connectivity index (χ2v) is 5.97. The van der Waals surface area contributed by atoms with Gasteiger partial charge in [0.05, 0.1) is 5.92 Å². The third-order valence-electron chi connectivity index (χ3n) is 4.23. The highest BCUT2D eigenvalue weighted by molar-refractivity contribution is 5.95. The van der Waals surface area contributed by atoms with E-state index in [9.17, 15) is 9.59 Å². The van der Waals surface area contributed by atoms with Crippen molar-refractivity contribution in [1.82, 2.24) is 5.32 Å². The predicted octanol–water partition coefficient (Wildman–Crippen LogP) is 1.97. The van der Waals surface area contributed by atoms with Gasteiger partial charge >= 0.3 is 0 Å².